The molecule has 6 nitrogen and oxygen atoms in total. The molecule has 0 unspecified atom stereocenters. The van der Waals surface area contributed by atoms with E-state index in [0.717, 1.165) is 0 Å². The molecule has 0 aromatic heterocycles. The molecule has 1 aliphatic heterocycles. The van der Waals surface area contributed by atoms with Crippen molar-refractivity contribution in [2.45, 2.75) is 26.5 Å². The number of halogens is 2. The molecule has 0 N–H and O–H groups in total. The molecule has 136 valence electrons. The van der Waals surface area contributed by atoms with Crippen molar-refractivity contribution in [2.75, 3.05) is 20.7 Å². The van der Waals surface area contributed by atoms with Crippen LogP contribution in [0.3, 0.4) is 0 Å². The van der Waals surface area contributed by atoms with E-state index in [1.165, 1.54) is 21.9 Å². The molecule has 1 heterocycles. The number of rotatable bonds is 5. The zero-order chi connectivity index (χ0) is 18.7. The number of likely N-dealkylation sites (N-methyl/N-ethyl adjacent to an activating group) is 1. The summed E-state index contributed by atoms with van der Waals surface area (Å²) in [6, 6.07) is 4.87. The Labute approximate surface area is 144 Å². The molecule has 0 radical (unpaired) electrons. The third-order valence-electron chi connectivity index (χ3n) is 4.06. The lowest BCUT2D eigenvalue weighted by Crippen LogP contribution is -2.47. The first-order valence-corrected chi connectivity index (χ1v) is 7.71. The monoisotopic (exact) mass is 354 g/mol. The highest BCUT2D eigenvalue weighted by Crippen LogP contribution is 2.36. The molecule has 25 heavy (non-hydrogen) atoms. The minimum atomic E-state index is -2.92. The third-order valence-corrected chi connectivity index (χ3v) is 4.06. The fraction of sp³-hybridized carbons (Fsp3) is 0.412. The Kier molecular flexibility index (Phi) is 5.61. The molecule has 0 saturated carbocycles. The topological polar surface area (TPSA) is 59.1 Å². The van der Waals surface area contributed by atoms with Crippen molar-refractivity contribution in [3.63, 3.8) is 0 Å². The van der Waals surface area contributed by atoms with E-state index in [-0.39, 0.29) is 18.4 Å². The van der Waals surface area contributed by atoms with Gasteiger partial charge in [-0.25, -0.2) is 9.59 Å². The number of esters is 1. The highest BCUT2D eigenvalue weighted by atomic mass is 19.3. The maximum Gasteiger partial charge on any atom is 0.387 e. The average molecular weight is 354 g/mol. The van der Waals surface area contributed by atoms with Crippen molar-refractivity contribution in [1.29, 1.82) is 0 Å². The number of carbonyl (C=O) groups is 2. The van der Waals surface area contributed by atoms with Gasteiger partial charge in [0.25, 0.3) is 0 Å². The predicted octanol–water partition coefficient (Wildman–Crippen LogP) is 3.16. The van der Waals surface area contributed by atoms with E-state index in [0.29, 0.717) is 16.8 Å². The highest BCUT2D eigenvalue weighted by Gasteiger charge is 2.39. The molecule has 8 heteroatoms. The Morgan fingerprint density at radius 3 is 2.36 bits per heavy atom. The van der Waals surface area contributed by atoms with Crippen molar-refractivity contribution in [1.82, 2.24) is 9.80 Å². The molecule has 1 aliphatic rings. The van der Waals surface area contributed by atoms with Crippen LogP contribution in [0.5, 0.6) is 5.75 Å². The molecule has 1 aromatic carbocycles. The Morgan fingerprint density at radius 2 is 1.84 bits per heavy atom. The maximum atomic E-state index is 12.4. The number of allylic oxidation sites excluding steroid dienone is 1. The third kappa shape index (κ3) is 3.72. The zero-order valence-corrected chi connectivity index (χ0v) is 14.5. The molecular weight excluding hydrogens is 334 g/mol. The number of ether oxygens (including phenoxy) is 2. The van der Waals surface area contributed by atoms with Gasteiger partial charge in [-0.3, -0.25) is 0 Å². The van der Waals surface area contributed by atoms with Gasteiger partial charge in [0.1, 0.15) is 5.75 Å². The average Bonchev–Trinajstić information content (AvgIpc) is 2.56. The van der Waals surface area contributed by atoms with E-state index in [1.54, 1.807) is 40.1 Å². The smallest absolute Gasteiger partial charge is 0.387 e. The lowest BCUT2D eigenvalue weighted by molar-refractivity contribution is -0.139. The Bertz CT molecular complexity index is 688. The van der Waals surface area contributed by atoms with Gasteiger partial charge in [-0.05, 0) is 31.5 Å². The number of hydrogen-bond acceptors (Lipinski definition) is 4. The number of hydrogen-bond donors (Lipinski definition) is 0. The van der Waals surface area contributed by atoms with Crippen molar-refractivity contribution < 1.29 is 27.8 Å². The summed E-state index contributed by atoms with van der Waals surface area (Å²) in [7, 11) is 3.14. The largest absolute Gasteiger partial charge is 0.463 e. The summed E-state index contributed by atoms with van der Waals surface area (Å²) in [6.45, 7) is 0.639. The summed E-state index contributed by atoms with van der Waals surface area (Å²) < 4.78 is 34.0. The number of amides is 2. The SMILES string of the molecule is CCOC(=O)C1=C(C)N(C)C(=O)N(C)[C@@H]1c1ccc(OC(F)F)cc1. The van der Waals surface area contributed by atoms with Crippen molar-refractivity contribution in [3.8, 4) is 5.75 Å². The molecule has 0 saturated heterocycles. The van der Waals surface area contributed by atoms with E-state index >= 15 is 0 Å². The van der Waals surface area contributed by atoms with E-state index in [2.05, 4.69) is 4.74 Å². The number of alkyl halides is 2. The summed E-state index contributed by atoms with van der Waals surface area (Å²) in [5, 5.41) is 0. The van der Waals surface area contributed by atoms with Crippen LogP contribution in [0.25, 0.3) is 0 Å². The number of urea groups is 1. The van der Waals surface area contributed by atoms with E-state index in [4.69, 9.17) is 4.74 Å². The Balaban J connectivity index is 2.47. The van der Waals surface area contributed by atoms with Crippen LogP contribution in [-0.2, 0) is 9.53 Å². The van der Waals surface area contributed by atoms with Gasteiger partial charge in [0.05, 0.1) is 18.2 Å². The van der Waals surface area contributed by atoms with Gasteiger partial charge in [0.15, 0.2) is 0 Å². The first-order valence-electron chi connectivity index (χ1n) is 7.71. The van der Waals surface area contributed by atoms with Gasteiger partial charge in [-0.2, -0.15) is 8.78 Å². The second kappa shape index (κ2) is 7.50. The summed E-state index contributed by atoms with van der Waals surface area (Å²) in [5.74, 6) is -0.525. The van der Waals surface area contributed by atoms with E-state index in [1.807, 2.05) is 0 Å². The van der Waals surface area contributed by atoms with Crippen LogP contribution in [0.1, 0.15) is 25.5 Å². The first kappa shape index (κ1) is 18.7. The zero-order valence-electron chi connectivity index (χ0n) is 14.5. The van der Waals surface area contributed by atoms with Gasteiger partial charge < -0.3 is 19.3 Å². The van der Waals surface area contributed by atoms with Gasteiger partial charge in [0, 0.05) is 19.8 Å². The molecule has 0 aliphatic carbocycles. The normalized spacial score (nSPS) is 18.0. The molecule has 0 bridgehead atoms. The van der Waals surface area contributed by atoms with Gasteiger partial charge in [-0.15, -0.1) is 0 Å². The highest BCUT2D eigenvalue weighted by molar-refractivity contribution is 5.94. The molecular formula is C17H20F2N2O4. The van der Waals surface area contributed by atoms with Crippen molar-refractivity contribution in [2.24, 2.45) is 0 Å². The minimum absolute atomic E-state index is 0.000886. The summed E-state index contributed by atoms with van der Waals surface area (Å²) in [4.78, 5) is 27.6. The molecule has 0 spiro atoms. The standard InChI is InChI=1S/C17H20F2N2O4/c1-5-24-15(22)13-10(2)20(3)17(23)21(4)14(13)11-6-8-12(9-7-11)25-16(18)19/h6-9,14,16H,5H2,1-4H3/t14-/m1/s1. The predicted molar refractivity (Wildman–Crippen MR) is 86.1 cm³/mol. The summed E-state index contributed by atoms with van der Waals surface area (Å²) in [5.41, 5.74) is 1.40. The second-order valence-electron chi connectivity index (χ2n) is 5.52. The Hall–Kier alpha value is -2.64. The van der Waals surface area contributed by atoms with Crippen molar-refractivity contribution >= 4 is 12.0 Å². The maximum absolute atomic E-state index is 12.4. The van der Waals surface area contributed by atoms with Crippen molar-refractivity contribution in [3.05, 3.63) is 41.1 Å². The Morgan fingerprint density at radius 1 is 1.24 bits per heavy atom. The lowest BCUT2D eigenvalue weighted by atomic mass is 9.93. The second-order valence-corrected chi connectivity index (χ2v) is 5.52. The number of carbonyl (C=O) groups excluding carboxylic acids is 2. The fourth-order valence-corrected chi connectivity index (χ4v) is 2.75. The molecule has 0 fully saturated rings. The van der Waals surface area contributed by atoms with Crippen LogP contribution in [0.4, 0.5) is 13.6 Å². The van der Waals surface area contributed by atoms with Crippen LogP contribution >= 0.6 is 0 Å². The molecule has 1 atom stereocenters. The first-order chi connectivity index (χ1) is 11.8. The quantitative estimate of drug-likeness (QED) is 0.762. The van der Waals surface area contributed by atoms with Crippen LogP contribution in [0.2, 0.25) is 0 Å². The lowest BCUT2D eigenvalue weighted by Gasteiger charge is -2.39. The molecule has 1 aromatic rings. The fourth-order valence-electron chi connectivity index (χ4n) is 2.75. The van der Waals surface area contributed by atoms with Gasteiger partial charge in [-0.1, -0.05) is 12.1 Å². The number of benzene rings is 1. The van der Waals surface area contributed by atoms with Crippen LogP contribution in [0, 0.1) is 0 Å². The van der Waals surface area contributed by atoms with Gasteiger partial charge in [0.2, 0.25) is 0 Å². The number of nitrogens with zero attached hydrogens (tertiary/aromatic N) is 2. The van der Waals surface area contributed by atoms with Crippen LogP contribution in [-0.4, -0.2) is 49.1 Å². The molecule has 2 amide bonds. The van der Waals surface area contributed by atoms with E-state index < -0.39 is 18.6 Å². The minimum Gasteiger partial charge on any atom is -0.463 e. The van der Waals surface area contributed by atoms with Crippen LogP contribution in [0.15, 0.2) is 35.5 Å². The van der Waals surface area contributed by atoms with Gasteiger partial charge >= 0.3 is 18.6 Å². The summed E-state index contributed by atoms with van der Waals surface area (Å²) >= 11 is 0. The molecule has 2 rings (SSSR count). The van der Waals surface area contributed by atoms with Crippen LogP contribution < -0.4 is 4.74 Å². The summed E-state index contributed by atoms with van der Waals surface area (Å²) in [6.07, 6.45) is 0. The van der Waals surface area contributed by atoms with E-state index in [9.17, 15) is 18.4 Å².